The van der Waals surface area contributed by atoms with Gasteiger partial charge in [-0.1, -0.05) is 68.8 Å². The summed E-state index contributed by atoms with van der Waals surface area (Å²) in [5.41, 5.74) is 7.29. The largest absolute Gasteiger partial charge is 0.356 e. The van der Waals surface area contributed by atoms with Crippen LogP contribution < -0.4 is 10.6 Å². The highest BCUT2D eigenvalue weighted by Crippen LogP contribution is 2.37. The van der Waals surface area contributed by atoms with Crippen LogP contribution in [-0.4, -0.2) is 34.7 Å². The molecule has 0 atom stereocenters. The van der Waals surface area contributed by atoms with E-state index in [-0.39, 0.29) is 11.7 Å². The molecule has 0 bridgehead atoms. The Morgan fingerprint density at radius 3 is 2.19 bits per heavy atom. The summed E-state index contributed by atoms with van der Waals surface area (Å²) in [6.45, 7) is 9.70. The second-order valence-corrected chi connectivity index (χ2v) is 12.3. The molecule has 0 aliphatic rings. The fraction of sp³-hybridized carbons (Fsp3) is 0.317. The molecule has 47 heavy (non-hydrogen) atoms. The van der Waals surface area contributed by atoms with Gasteiger partial charge in [0.2, 0.25) is 5.91 Å². The first kappa shape index (κ1) is 33.7. The van der Waals surface area contributed by atoms with E-state index in [1.54, 1.807) is 13.1 Å². The molecule has 0 radical (unpaired) electrons. The van der Waals surface area contributed by atoms with Crippen molar-refractivity contribution in [3.8, 4) is 22.5 Å². The molecule has 6 heteroatoms. The Balaban J connectivity index is 1.46. The molecular weight excluding hydrogens is 580 g/mol. The zero-order chi connectivity index (χ0) is 33.0. The Hall–Kier alpha value is -4.68. The molecule has 242 valence electrons. The minimum absolute atomic E-state index is 0.0927. The average molecular weight is 627 g/mol. The normalized spacial score (nSPS) is 11.2. The Bertz CT molecular complexity index is 1850. The number of ketones is 1. The summed E-state index contributed by atoms with van der Waals surface area (Å²) in [6, 6.07) is 25.7. The molecule has 2 aromatic heterocycles. The molecule has 1 amide bonds. The third-order valence-electron chi connectivity index (χ3n) is 8.80. The fourth-order valence-corrected chi connectivity index (χ4v) is 6.19. The lowest BCUT2D eigenvalue weighted by Gasteiger charge is -2.19. The molecule has 2 N–H and O–H groups in total. The van der Waals surface area contributed by atoms with Gasteiger partial charge in [-0.05, 0) is 119 Å². The monoisotopic (exact) mass is 626 g/mol. The van der Waals surface area contributed by atoms with Crippen LogP contribution in [0, 0.1) is 0 Å². The van der Waals surface area contributed by atoms with Crippen molar-refractivity contribution in [3.63, 3.8) is 0 Å². The SMILES string of the molecule is C=C(C)C(=O)CCCCCCc1c2ccccc2c(CNCCCNC(=O)CC)c2ccc(-c3ccnc(-c4ccccn4)c3)cc12. The fourth-order valence-electron chi connectivity index (χ4n) is 6.19. The summed E-state index contributed by atoms with van der Waals surface area (Å²) in [6.07, 6.45) is 10.7. The minimum Gasteiger partial charge on any atom is -0.356 e. The predicted molar refractivity (Wildman–Crippen MR) is 194 cm³/mol. The number of hydrogen-bond acceptors (Lipinski definition) is 5. The van der Waals surface area contributed by atoms with E-state index in [1.807, 2.05) is 31.3 Å². The predicted octanol–water partition coefficient (Wildman–Crippen LogP) is 8.76. The molecule has 0 spiro atoms. The molecule has 5 rings (SSSR count). The maximum Gasteiger partial charge on any atom is 0.219 e. The molecule has 6 nitrogen and oxygen atoms in total. The number of aryl methyl sites for hydroxylation is 1. The molecule has 0 aliphatic carbocycles. The van der Waals surface area contributed by atoms with Gasteiger partial charge in [0.15, 0.2) is 5.78 Å². The van der Waals surface area contributed by atoms with Crippen molar-refractivity contribution in [1.29, 1.82) is 0 Å². The van der Waals surface area contributed by atoms with E-state index in [0.717, 1.165) is 74.1 Å². The van der Waals surface area contributed by atoms with Gasteiger partial charge in [-0.15, -0.1) is 0 Å². The molecule has 0 aliphatic heterocycles. The number of carbonyl (C=O) groups excluding carboxylic acids is 2. The second-order valence-electron chi connectivity index (χ2n) is 12.3. The first-order valence-corrected chi connectivity index (χ1v) is 17.0. The van der Waals surface area contributed by atoms with Crippen LogP contribution >= 0.6 is 0 Å². The van der Waals surface area contributed by atoms with Crippen molar-refractivity contribution in [2.75, 3.05) is 13.1 Å². The van der Waals surface area contributed by atoms with Gasteiger partial charge in [-0.3, -0.25) is 19.6 Å². The van der Waals surface area contributed by atoms with Gasteiger partial charge in [0.05, 0.1) is 11.4 Å². The van der Waals surface area contributed by atoms with Crippen LogP contribution in [-0.2, 0) is 22.6 Å². The topological polar surface area (TPSA) is 84.0 Å². The van der Waals surface area contributed by atoms with Crippen LogP contribution in [0.15, 0.2) is 97.3 Å². The smallest absolute Gasteiger partial charge is 0.219 e. The number of carbonyl (C=O) groups is 2. The molecule has 5 aromatic rings. The van der Waals surface area contributed by atoms with Gasteiger partial charge in [-0.2, -0.15) is 0 Å². The van der Waals surface area contributed by atoms with Gasteiger partial charge < -0.3 is 10.6 Å². The standard InChI is InChI=1S/C41H46N4O2/c1-4-41(47)45-24-13-22-42-28-37-34-16-10-9-15-32(34)33(14-7-5-6-8-18-40(46)29(2)3)36-26-30(19-20-35(36)37)31-21-25-44-39(27-31)38-17-11-12-23-43-38/h9-12,15-17,19-21,23,25-27,42H,2,4-8,13-14,18,22,24,28H2,1,3H3,(H,45,47). The number of Topliss-reactive ketones (excluding diaryl/α,β-unsaturated/α-hetero) is 1. The minimum atomic E-state index is 0.0927. The van der Waals surface area contributed by atoms with Crippen molar-refractivity contribution < 1.29 is 9.59 Å². The van der Waals surface area contributed by atoms with Crippen LogP contribution in [0.4, 0.5) is 0 Å². The number of hydrogen-bond donors (Lipinski definition) is 2. The third-order valence-corrected chi connectivity index (χ3v) is 8.80. The molecule has 3 aromatic carbocycles. The van der Waals surface area contributed by atoms with E-state index in [9.17, 15) is 9.59 Å². The van der Waals surface area contributed by atoms with Crippen molar-refractivity contribution in [2.45, 2.75) is 71.8 Å². The quantitative estimate of drug-likeness (QED) is 0.0613. The number of aromatic nitrogens is 2. The second kappa shape index (κ2) is 16.8. The molecule has 0 saturated heterocycles. The number of pyridine rings is 2. The third kappa shape index (κ3) is 8.78. The summed E-state index contributed by atoms with van der Waals surface area (Å²) in [5, 5.41) is 11.7. The maximum atomic E-state index is 12.0. The first-order chi connectivity index (χ1) is 23.0. The summed E-state index contributed by atoms with van der Waals surface area (Å²) < 4.78 is 0. The van der Waals surface area contributed by atoms with Crippen LogP contribution in [0.5, 0.6) is 0 Å². The molecule has 0 saturated carbocycles. The van der Waals surface area contributed by atoms with E-state index in [0.29, 0.717) is 25.0 Å². The van der Waals surface area contributed by atoms with Crippen molar-refractivity contribution in [2.24, 2.45) is 0 Å². The van der Waals surface area contributed by atoms with E-state index < -0.39 is 0 Å². The molecule has 0 unspecified atom stereocenters. The highest BCUT2D eigenvalue weighted by Gasteiger charge is 2.15. The van der Waals surface area contributed by atoms with E-state index in [1.165, 1.54) is 32.7 Å². The number of fused-ring (bicyclic) bond motifs is 2. The molecular formula is C41H46N4O2. The lowest BCUT2D eigenvalue weighted by Crippen LogP contribution is -2.26. The van der Waals surface area contributed by atoms with Gasteiger partial charge in [-0.25, -0.2) is 0 Å². The van der Waals surface area contributed by atoms with Crippen LogP contribution in [0.25, 0.3) is 44.1 Å². The van der Waals surface area contributed by atoms with Crippen molar-refractivity contribution in [3.05, 3.63) is 108 Å². The van der Waals surface area contributed by atoms with E-state index in [4.69, 9.17) is 0 Å². The summed E-state index contributed by atoms with van der Waals surface area (Å²) in [4.78, 5) is 32.8. The number of nitrogens with zero attached hydrogens (tertiary/aromatic N) is 2. The number of rotatable bonds is 17. The lowest BCUT2D eigenvalue weighted by atomic mass is 9.87. The van der Waals surface area contributed by atoms with E-state index in [2.05, 4.69) is 81.8 Å². The highest BCUT2D eigenvalue weighted by molar-refractivity contribution is 6.07. The number of amides is 1. The highest BCUT2D eigenvalue weighted by atomic mass is 16.1. The molecule has 2 heterocycles. The van der Waals surface area contributed by atoms with Crippen molar-refractivity contribution in [1.82, 2.24) is 20.6 Å². The average Bonchev–Trinajstić information content (AvgIpc) is 3.11. The summed E-state index contributed by atoms with van der Waals surface area (Å²) in [7, 11) is 0. The van der Waals surface area contributed by atoms with Gasteiger partial charge in [0.1, 0.15) is 0 Å². The Morgan fingerprint density at radius 2 is 1.43 bits per heavy atom. The first-order valence-electron chi connectivity index (χ1n) is 17.0. The number of benzene rings is 3. The van der Waals surface area contributed by atoms with Crippen LogP contribution in [0.2, 0.25) is 0 Å². The summed E-state index contributed by atoms with van der Waals surface area (Å²) >= 11 is 0. The Kier molecular flexibility index (Phi) is 12.0. The number of nitrogens with one attached hydrogen (secondary N) is 2. The van der Waals surface area contributed by atoms with Gasteiger partial charge in [0.25, 0.3) is 0 Å². The Labute approximate surface area is 278 Å². The van der Waals surface area contributed by atoms with Crippen LogP contribution in [0.3, 0.4) is 0 Å². The number of unbranched alkanes of at least 4 members (excludes halogenated alkanes) is 3. The van der Waals surface area contributed by atoms with Crippen molar-refractivity contribution >= 4 is 33.2 Å². The Morgan fingerprint density at radius 1 is 0.702 bits per heavy atom. The van der Waals surface area contributed by atoms with Crippen LogP contribution in [0.1, 0.15) is 69.9 Å². The lowest BCUT2D eigenvalue weighted by molar-refractivity contribution is -0.120. The maximum absolute atomic E-state index is 12.0. The zero-order valence-corrected chi connectivity index (χ0v) is 27.8. The molecule has 0 fully saturated rings. The number of allylic oxidation sites excluding steroid dienone is 1. The van der Waals surface area contributed by atoms with E-state index >= 15 is 0 Å². The zero-order valence-electron chi connectivity index (χ0n) is 27.8. The van der Waals surface area contributed by atoms with Gasteiger partial charge >= 0.3 is 0 Å². The summed E-state index contributed by atoms with van der Waals surface area (Å²) in [5.74, 6) is 0.266. The van der Waals surface area contributed by atoms with Gasteiger partial charge in [0, 0.05) is 38.3 Å².